The molecule has 124 valence electrons. The third-order valence-electron chi connectivity index (χ3n) is 2.98. The molecule has 1 unspecified atom stereocenters. The third kappa shape index (κ3) is 5.19. The molecule has 1 heterocycles. The summed E-state index contributed by atoms with van der Waals surface area (Å²) in [5.41, 5.74) is 0.955. The lowest BCUT2D eigenvalue weighted by molar-refractivity contribution is 0.122. The predicted molar refractivity (Wildman–Crippen MR) is 81.7 cm³/mol. The number of alkyl halides is 2. The molecule has 0 spiro atoms. The van der Waals surface area contributed by atoms with Crippen LogP contribution in [-0.4, -0.2) is 34.0 Å². The van der Waals surface area contributed by atoms with Crippen LogP contribution in [0.15, 0.2) is 36.7 Å². The number of carbonyl (C=O) groups excluding carboxylic acids is 1. The quantitative estimate of drug-likeness (QED) is 0.753. The smallest absolute Gasteiger partial charge is 0.319 e. The summed E-state index contributed by atoms with van der Waals surface area (Å²) in [7, 11) is 0. The average Bonchev–Trinajstić information content (AvgIpc) is 2.92. The van der Waals surface area contributed by atoms with Gasteiger partial charge in [-0.1, -0.05) is 23.7 Å². The normalized spacial score (nSPS) is 12.2. The Morgan fingerprint density at radius 3 is 2.65 bits per heavy atom. The van der Waals surface area contributed by atoms with Crippen molar-refractivity contribution >= 4 is 23.3 Å². The van der Waals surface area contributed by atoms with Crippen molar-refractivity contribution in [2.24, 2.45) is 0 Å². The Kier molecular flexibility index (Phi) is 5.89. The monoisotopic (exact) mass is 344 g/mol. The van der Waals surface area contributed by atoms with E-state index < -0.39 is 25.0 Å². The fourth-order valence-electron chi connectivity index (χ4n) is 1.92. The number of amides is 2. The Hall–Kier alpha value is -2.19. The van der Waals surface area contributed by atoms with E-state index in [0.717, 1.165) is 4.68 Å². The number of benzene rings is 1. The minimum atomic E-state index is -2.53. The van der Waals surface area contributed by atoms with Crippen LogP contribution in [0.5, 0.6) is 0 Å². The number of aliphatic hydroxyl groups excluding tert-OH is 1. The number of hydrogen-bond acceptors (Lipinski definition) is 3. The topological polar surface area (TPSA) is 79.2 Å². The molecule has 2 rings (SSSR count). The molecule has 0 bridgehead atoms. The zero-order valence-corrected chi connectivity index (χ0v) is 12.7. The van der Waals surface area contributed by atoms with Crippen molar-refractivity contribution in [1.29, 1.82) is 0 Å². The van der Waals surface area contributed by atoms with Gasteiger partial charge in [-0.3, -0.25) is 4.68 Å². The van der Waals surface area contributed by atoms with E-state index in [2.05, 4.69) is 15.7 Å². The van der Waals surface area contributed by atoms with Crippen LogP contribution in [0.3, 0.4) is 0 Å². The number of carbonyl (C=O) groups is 1. The summed E-state index contributed by atoms with van der Waals surface area (Å²) in [4.78, 5) is 11.9. The molecule has 9 heteroatoms. The van der Waals surface area contributed by atoms with Gasteiger partial charge in [-0.15, -0.1) is 0 Å². The maximum atomic E-state index is 12.2. The summed E-state index contributed by atoms with van der Waals surface area (Å²) in [5, 5.41) is 18.7. The lowest BCUT2D eigenvalue weighted by atomic mass is 10.1. The number of hydrogen-bond donors (Lipinski definition) is 3. The molecule has 0 aliphatic carbocycles. The molecule has 0 aliphatic rings. The second-order valence-electron chi connectivity index (χ2n) is 4.73. The van der Waals surface area contributed by atoms with Crippen molar-refractivity contribution in [3.63, 3.8) is 0 Å². The van der Waals surface area contributed by atoms with Crippen molar-refractivity contribution in [2.45, 2.75) is 19.0 Å². The van der Waals surface area contributed by atoms with E-state index in [0.29, 0.717) is 10.6 Å². The van der Waals surface area contributed by atoms with Gasteiger partial charge in [-0.2, -0.15) is 5.10 Å². The van der Waals surface area contributed by atoms with Crippen molar-refractivity contribution in [3.8, 4) is 0 Å². The molecule has 0 saturated carbocycles. The minimum Gasteiger partial charge on any atom is -0.394 e. The summed E-state index contributed by atoms with van der Waals surface area (Å²) in [6.45, 7) is -0.854. The maximum absolute atomic E-state index is 12.2. The Labute approximate surface area is 136 Å². The van der Waals surface area contributed by atoms with E-state index in [1.54, 1.807) is 24.3 Å². The molecule has 0 radical (unpaired) electrons. The SMILES string of the molecule is O=C(Nc1cnn(CC(F)F)c1)NC(CO)c1ccc(Cl)cc1. The molecular weight excluding hydrogens is 330 g/mol. The molecule has 2 aromatic rings. The molecular formula is C14H15ClF2N4O2. The fourth-order valence-corrected chi connectivity index (χ4v) is 2.05. The maximum Gasteiger partial charge on any atom is 0.319 e. The van der Waals surface area contributed by atoms with Crippen molar-refractivity contribution < 1.29 is 18.7 Å². The molecule has 3 N–H and O–H groups in total. The van der Waals surface area contributed by atoms with Gasteiger partial charge in [-0.25, -0.2) is 13.6 Å². The second kappa shape index (κ2) is 7.89. The summed E-state index contributed by atoms with van der Waals surface area (Å²) >= 11 is 5.79. The standard InChI is InChI=1S/C14H15ClF2N4O2/c15-10-3-1-9(2-4-10)12(8-22)20-14(23)19-11-5-18-21(6-11)7-13(16)17/h1-6,12-13,22H,7-8H2,(H2,19,20,23). The number of aliphatic hydroxyl groups is 1. The Morgan fingerprint density at radius 1 is 1.35 bits per heavy atom. The fraction of sp³-hybridized carbons (Fsp3) is 0.286. The van der Waals surface area contributed by atoms with Gasteiger partial charge in [0.05, 0.1) is 24.5 Å². The second-order valence-corrected chi connectivity index (χ2v) is 5.16. The average molecular weight is 345 g/mol. The van der Waals surface area contributed by atoms with E-state index in [-0.39, 0.29) is 12.3 Å². The van der Waals surface area contributed by atoms with Gasteiger partial charge in [0.2, 0.25) is 0 Å². The van der Waals surface area contributed by atoms with E-state index >= 15 is 0 Å². The number of nitrogens with zero attached hydrogens (tertiary/aromatic N) is 2. The number of aromatic nitrogens is 2. The highest BCUT2D eigenvalue weighted by atomic mass is 35.5. The molecule has 1 aromatic carbocycles. The first-order valence-electron chi connectivity index (χ1n) is 6.72. The number of rotatable bonds is 6. The van der Waals surface area contributed by atoms with Crippen LogP contribution in [0.4, 0.5) is 19.3 Å². The summed E-state index contributed by atoms with van der Waals surface area (Å²) in [6.07, 6.45) is 0.0282. The van der Waals surface area contributed by atoms with Gasteiger partial charge in [-0.05, 0) is 17.7 Å². The zero-order chi connectivity index (χ0) is 16.8. The highest BCUT2D eigenvalue weighted by Crippen LogP contribution is 2.16. The van der Waals surface area contributed by atoms with Crippen LogP contribution in [0.1, 0.15) is 11.6 Å². The molecule has 1 aromatic heterocycles. The van der Waals surface area contributed by atoms with E-state index in [1.807, 2.05) is 0 Å². The highest BCUT2D eigenvalue weighted by molar-refractivity contribution is 6.30. The molecule has 23 heavy (non-hydrogen) atoms. The first-order valence-corrected chi connectivity index (χ1v) is 7.10. The van der Waals surface area contributed by atoms with Crippen molar-refractivity contribution in [1.82, 2.24) is 15.1 Å². The lowest BCUT2D eigenvalue weighted by Gasteiger charge is -2.17. The predicted octanol–water partition coefficient (Wildman–Crippen LogP) is 2.66. The van der Waals surface area contributed by atoms with Gasteiger partial charge in [0.15, 0.2) is 0 Å². The van der Waals surface area contributed by atoms with Crippen molar-refractivity contribution in [3.05, 3.63) is 47.2 Å². The Bertz CT molecular complexity index is 648. The van der Waals surface area contributed by atoms with Crippen LogP contribution >= 0.6 is 11.6 Å². The van der Waals surface area contributed by atoms with Crippen molar-refractivity contribution in [2.75, 3.05) is 11.9 Å². The molecule has 0 saturated heterocycles. The third-order valence-corrected chi connectivity index (χ3v) is 3.23. The van der Waals surface area contributed by atoms with E-state index in [1.165, 1.54) is 12.4 Å². The number of anilines is 1. The van der Waals surface area contributed by atoms with Gasteiger partial charge in [0.1, 0.15) is 6.54 Å². The molecule has 1 atom stereocenters. The van der Waals surface area contributed by atoms with Gasteiger partial charge in [0, 0.05) is 11.2 Å². The van der Waals surface area contributed by atoms with Crippen LogP contribution < -0.4 is 10.6 Å². The Balaban J connectivity index is 1.94. The van der Waals surface area contributed by atoms with E-state index in [9.17, 15) is 18.7 Å². The Morgan fingerprint density at radius 2 is 2.04 bits per heavy atom. The van der Waals surface area contributed by atoms with Crippen LogP contribution in [0.25, 0.3) is 0 Å². The molecule has 6 nitrogen and oxygen atoms in total. The number of urea groups is 1. The van der Waals surface area contributed by atoms with Gasteiger partial charge < -0.3 is 15.7 Å². The van der Waals surface area contributed by atoms with Crippen LogP contribution in [0.2, 0.25) is 5.02 Å². The lowest BCUT2D eigenvalue weighted by Crippen LogP contribution is -2.34. The van der Waals surface area contributed by atoms with Crippen LogP contribution in [-0.2, 0) is 6.54 Å². The van der Waals surface area contributed by atoms with Gasteiger partial charge >= 0.3 is 6.03 Å². The van der Waals surface area contributed by atoms with Gasteiger partial charge in [0.25, 0.3) is 6.43 Å². The summed E-state index contributed by atoms with van der Waals surface area (Å²) in [6, 6.07) is 5.45. The first kappa shape index (κ1) is 17.2. The van der Waals surface area contributed by atoms with Crippen LogP contribution in [0, 0.1) is 0 Å². The first-order chi connectivity index (χ1) is 11.0. The highest BCUT2D eigenvalue weighted by Gasteiger charge is 2.14. The summed E-state index contributed by atoms with van der Waals surface area (Å²) in [5.74, 6) is 0. The zero-order valence-electron chi connectivity index (χ0n) is 11.9. The largest absolute Gasteiger partial charge is 0.394 e. The minimum absolute atomic E-state index is 0.274. The molecule has 0 aliphatic heterocycles. The summed E-state index contributed by atoms with van der Waals surface area (Å²) < 4.78 is 25.5. The molecule has 2 amide bonds. The number of halogens is 3. The number of nitrogens with one attached hydrogen (secondary N) is 2. The molecule has 0 fully saturated rings. The van der Waals surface area contributed by atoms with E-state index in [4.69, 9.17) is 11.6 Å².